The first-order valence-corrected chi connectivity index (χ1v) is 6.00. The van der Waals surface area contributed by atoms with Crippen LogP contribution in [0.1, 0.15) is 0 Å². The molecule has 78 valence electrons. The summed E-state index contributed by atoms with van der Waals surface area (Å²) in [6.45, 7) is 0.639. The number of hydrogen-bond acceptors (Lipinski definition) is 0. The molecule has 3 rings (SSSR count). The van der Waals surface area contributed by atoms with Gasteiger partial charge in [0.15, 0.2) is 6.71 Å². The molecule has 0 bridgehead atoms. The average molecular weight is 206 g/mol. The van der Waals surface area contributed by atoms with Crippen molar-refractivity contribution in [1.82, 2.24) is 0 Å². The third-order valence-corrected chi connectivity index (χ3v) is 3.67. The minimum absolute atomic E-state index is 0.579. The van der Waals surface area contributed by atoms with Crippen molar-refractivity contribution in [3.8, 4) is 0 Å². The molecule has 1 heteroatoms. The summed E-state index contributed by atoms with van der Waals surface area (Å²) >= 11 is 0. The fraction of sp³-hybridized carbons (Fsp3) is 0.200. The Balaban J connectivity index is 1.87. The Morgan fingerprint density at radius 1 is 0.438 bits per heavy atom. The maximum Gasteiger partial charge on any atom is 0.175 e. The summed E-state index contributed by atoms with van der Waals surface area (Å²) < 4.78 is 0. The van der Waals surface area contributed by atoms with E-state index in [9.17, 15) is 0 Å². The standard InChI is InChI=1S/C15H15B/c1-2-8-13(7-1)16(14-9-3-4-10-14)15-11-5-6-12-15/h1-15H. The summed E-state index contributed by atoms with van der Waals surface area (Å²) in [5, 5.41) is 0. The van der Waals surface area contributed by atoms with Gasteiger partial charge in [-0.05, 0) is 17.5 Å². The van der Waals surface area contributed by atoms with Crippen LogP contribution in [0, 0.1) is 0 Å². The van der Waals surface area contributed by atoms with E-state index in [1.807, 2.05) is 0 Å². The molecule has 0 saturated heterocycles. The van der Waals surface area contributed by atoms with Crippen LogP contribution in [-0.2, 0) is 0 Å². The van der Waals surface area contributed by atoms with E-state index >= 15 is 0 Å². The van der Waals surface area contributed by atoms with Gasteiger partial charge in [-0.15, -0.1) is 0 Å². The minimum Gasteiger partial charge on any atom is -0.0849 e. The molecule has 3 aliphatic rings. The molecule has 0 N–H and O–H groups in total. The van der Waals surface area contributed by atoms with Gasteiger partial charge in [0, 0.05) is 0 Å². The predicted octanol–water partition coefficient (Wildman–Crippen LogP) is 3.97. The highest BCUT2D eigenvalue weighted by Gasteiger charge is 2.34. The molecule has 0 atom stereocenters. The van der Waals surface area contributed by atoms with Gasteiger partial charge in [-0.2, -0.15) is 0 Å². The zero-order valence-electron chi connectivity index (χ0n) is 9.24. The Labute approximate surface area is 97.5 Å². The Bertz CT molecular complexity index is 332. The van der Waals surface area contributed by atoms with E-state index in [1.54, 1.807) is 0 Å². The first-order valence-electron chi connectivity index (χ1n) is 6.00. The van der Waals surface area contributed by atoms with Crippen molar-refractivity contribution in [1.29, 1.82) is 0 Å². The predicted molar refractivity (Wildman–Crippen MR) is 71.8 cm³/mol. The summed E-state index contributed by atoms with van der Waals surface area (Å²) in [5.74, 6) is 1.74. The van der Waals surface area contributed by atoms with E-state index in [0.29, 0.717) is 24.2 Å². The van der Waals surface area contributed by atoms with Crippen LogP contribution >= 0.6 is 0 Å². The summed E-state index contributed by atoms with van der Waals surface area (Å²) in [6, 6.07) is 0. The summed E-state index contributed by atoms with van der Waals surface area (Å²) in [5.41, 5.74) is 0. The van der Waals surface area contributed by atoms with Crippen molar-refractivity contribution < 1.29 is 0 Å². The van der Waals surface area contributed by atoms with E-state index in [-0.39, 0.29) is 0 Å². The molecule has 0 aromatic heterocycles. The molecule has 3 aliphatic carbocycles. The lowest BCUT2D eigenvalue weighted by Gasteiger charge is -2.25. The molecule has 0 aromatic rings. The van der Waals surface area contributed by atoms with Crippen LogP contribution < -0.4 is 0 Å². The second kappa shape index (κ2) is 4.17. The van der Waals surface area contributed by atoms with E-state index in [4.69, 9.17) is 0 Å². The molecule has 0 unspecified atom stereocenters. The minimum atomic E-state index is 0.579. The number of hydrogen-bond donors (Lipinski definition) is 0. The largest absolute Gasteiger partial charge is 0.175 e. The Morgan fingerprint density at radius 2 is 0.688 bits per heavy atom. The van der Waals surface area contributed by atoms with Gasteiger partial charge in [-0.1, -0.05) is 72.9 Å². The van der Waals surface area contributed by atoms with Gasteiger partial charge < -0.3 is 0 Å². The van der Waals surface area contributed by atoms with Crippen LogP contribution in [0.5, 0.6) is 0 Å². The molecule has 0 nitrogen and oxygen atoms in total. The highest BCUT2D eigenvalue weighted by Crippen LogP contribution is 2.40. The van der Waals surface area contributed by atoms with E-state index in [2.05, 4.69) is 72.9 Å². The van der Waals surface area contributed by atoms with Crippen LogP contribution in [-0.4, -0.2) is 6.71 Å². The summed E-state index contributed by atoms with van der Waals surface area (Å²) in [4.78, 5) is 0. The average Bonchev–Trinajstić information content (AvgIpc) is 3.02. The quantitative estimate of drug-likeness (QED) is 0.613. The van der Waals surface area contributed by atoms with Crippen molar-refractivity contribution in [3.63, 3.8) is 0 Å². The summed E-state index contributed by atoms with van der Waals surface area (Å²) in [6.07, 6.45) is 27.0. The van der Waals surface area contributed by atoms with Crippen LogP contribution in [0.15, 0.2) is 72.9 Å². The lowest BCUT2D eigenvalue weighted by atomic mass is 9.28. The van der Waals surface area contributed by atoms with Gasteiger partial charge in [0.25, 0.3) is 0 Å². The molecular formula is C15H15B. The monoisotopic (exact) mass is 206 g/mol. The van der Waals surface area contributed by atoms with Crippen molar-refractivity contribution >= 4 is 6.71 Å². The van der Waals surface area contributed by atoms with Gasteiger partial charge >= 0.3 is 0 Å². The van der Waals surface area contributed by atoms with Crippen LogP contribution in [0.2, 0.25) is 17.5 Å². The van der Waals surface area contributed by atoms with Gasteiger partial charge in [-0.3, -0.25) is 0 Å². The molecule has 0 aliphatic heterocycles. The normalized spacial score (nSPS) is 23.2. The zero-order chi connectivity index (χ0) is 10.8. The highest BCUT2D eigenvalue weighted by molar-refractivity contribution is 6.67. The molecule has 0 aromatic carbocycles. The SMILES string of the molecule is C1=CC(B(C2C=CC=C2)C2C=CC=C2)C=C1. The number of allylic oxidation sites excluding steroid dienone is 12. The number of rotatable bonds is 3. The van der Waals surface area contributed by atoms with Gasteiger partial charge in [0.05, 0.1) is 0 Å². The molecule has 16 heavy (non-hydrogen) atoms. The Hall–Kier alpha value is -1.50. The van der Waals surface area contributed by atoms with Crippen molar-refractivity contribution in [2.75, 3.05) is 0 Å². The fourth-order valence-electron chi connectivity index (χ4n) is 2.89. The smallest absolute Gasteiger partial charge is 0.0849 e. The lowest BCUT2D eigenvalue weighted by Crippen LogP contribution is -2.26. The molecular weight excluding hydrogens is 191 g/mol. The zero-order valence-corrected chi connectivity index (χ0v) is 9.24. The van der Waals surface area contributed by atoms with Crippen molar-refractivity contribution in [3.05, 3.63) is 72.9 Å². The Morgan fingerprint density at radius 3 is 0.938 bits per heavy atom. The van der Waals surface area contributed by atoms with Crippen LogP contribution in [0.25, 0.3) is 0 Å². The highest BCUT2D eigenvalue weighted by atomic mass is 14.1. The maximum absolute atomic E-state index is 2.32. The third kappa shape index (κ3) is 1.67. The van der Waals surface area contributed by atoms with Gasteiger partial charge in [0.2, 0.25) is 0 Å². The van der Waals surface area contributed by atoms with E-state index < -0.39 is 0 Å². The fourth-order valence-corrected chi connectivity index (χ4v) is 2.89. The molecule has 0 heterocycles. The van der Waals surface area contributed by atoms with Crippen LogP contribution in [0.4, 0.5) is 0 Å². The van der Waals surface area contributed by atoms with E-state index in [0.717, 1.165) is 0 Å². The van der Waals surface area contributed by atoms with E-state index in [1.165, 1.54) is 0 Å². The summed E-state index contributed by atoms with van der Waals surface area (Å²) in [7, 11) is 0. The third-order valence-electron chi connectivity index (χ3n) is 3.67. The maximum atomic E-state index is 2.32. The molecule has 0 radical (unpaired) electrons. The van der Waals surface area contributed by atoms with Crippen molar-refractivity contribution in [2.45, 2.75) is 17.5 Å². The molecule has 0 saturated carbocycles. The van der Waals surface area contributed by atoms with Crippen LogP contribution in [0.3, 0.4) is 0 Å². The Kier molecular flexibility index (Phi) is 2.53. The van der Waals surface area contributed by atoms with Gasteiger partial charge in [-0.25, -0.2) is 0 Å². The van der Waals surface area contributed by atoms with Crippen molar-refractivity contribution in [2.24, 2.45) is 0 Å². The second-order valence-electron chi connectivity index (χ2n) is 4.62. The first-order chi connectivity index (χ1) is 7.95. The second-order valence-corrected chi connectivity index (χ2v) is 4.62. The molecule has 0 fully saturated rings. The topological polar surface area (TPSA) is 0 Å². The van der Waals surface area contributed by atoms with Gasteiger partial charge in [0.1, 0.15) is 0 Å². The lowest BCUT2D eigenvalue weighted by molar-refractivity contribution is 1.14. The molecule has 0 spiro atoms. The first kappa shape index (κ1) is 9.71. The molecule has 0 amide bonds.